The topological polar surface area (TPSA) is 64.4 Å². The highest BCUT2D eigenvalue weighted by Gasteiger charge is 2.31. The van der Waals surface area contributed by atoms with Crippen molar-refractivity contribution in [3.8, 4) is 5.75 Å². The van der Waals surface area contributed by atoms with Gasteiger partial charge in [0.1, 0.15) is 11.3 Å². The molecule has 5 nitrogen and oxygen atoms in total. The van der Waals surface area contributed by atoms with E-state index in [-0.39, 0.29) is 29.5 Å². The number of hydrogen-bond acceptors (Lipinski definition) is 4. The van der Waals surface area contributed by atoms with E-state index in [0.717, 1.165) is 17.7 Å². The molecule has 26 heavy (non-hydrogen) atoms. The largest absolute Gasteiger partial charge is 0.484 e. The fourth-order valence-electron chi connectivity index (χ4n) is 2.41. The standard InChI is InChI=1S/C18H15F3N2O3/c1-10-7-13(4-5-14(10)22-11(2)24)25-9-17-23-15-8-12(18(19,20)21)3-6-16(15)26-17/h3-8H,9H2,1-2H3,(H,22,24). The number of nitrogens with one attached hydrogen (secondary N) is 1. The smallest absolute Gasteiger partial charge is 0.416 e. The molecule has 1 aromatic heterocycles. The van der Waals surface area contributed by atoms with Crippen molar-refractivity contribution >= 4 is 22.7 Å². The highest BCUT2D eigenvalue weighted by molar-refractivity contribution is 5.89. The number of hydrogen-bond donors (Lipinski definition) is 1. The number of halogens is 3. The van der Waals surface area contributed by atoms with E-state index in [1.54, 1.807) is 18.2 Å². The number of fused-ring (bicyclic) bond motifs is 1. The van der Waals surface area contributed by atoms with Crippen LogP contribution in [0.5, 0.6) is 5.75 Å². The summed E-state index contributed by atoms with van der Waals surface area (Å²) < 4.78 is 49.2. The van der Waals surface area contributed by atoms with Crippen LogP contribution in [0.1, 0.15) is 23.9 Å². The molecule has 136 valence electrons. The van der Waals surface area contributed by atoms with Crippen LogP contribution >= 0.6 is 0 Å². The molecule has 1 amide bonds. The van der Waals surface area contributed by atoms with E-state index in [1.165, 1.54) is 13.0 Å². The predicted molar refractivity (Wildman–Crippen MR) is 88.8 cm³/mol. The summed E-state index contributed by atoms with van der Waals surface area (Å²) in [5, 5.41) is 2.69. The van der Waals surface area contributed by atoms with Crippen molar-refractivity contribution in [3.63, 3.8) is 0 Å². The summed E-state index contributed by atoms with van der Waals surface area (Å²) in [4.78, 5) is 15.1. The molecular formula is C18H15F3N2O3. The first-order valence-electron chi connectivity index (χ1n) is 7.70. The summed E-state index contributed by atoms with van der Waals surface area (Å²) in [6.07, 6.45) is -4.43. The molecule has 0 atom stereocenters. The van der Waals surface area contributed by atoms with E-state index in [2.05, 4.69) is 10.3 Å². The molecular weight excluding hydrogens is 349 g/mol. The summed E-state index contributed by atoms with van der Waals surface area (Å²) in [6.45, 7) is 3.20. The maximum absolute atomic E-state index is 12.7. The van der Waals surface area contributed by atoms with Gasteiger partial charge in [0.15, 0.2) is 12.2 Å². The molecule has 0 spiro atoms. The van der Waals surface area contributed by atoms with Gasteiger partial charge in [-0.15, -0.1) is 0 Å². The Hall–Kier alpha value is -3.03. The van der Waals surface area contributed by atoms with Crippen LogP contribution in [-0.4, -0.2) is 10.9 Å². The molecule has 0 fully saturated rings. The van der Waals surface area contributed by atoms with Gasteiger partial charge in [-0.3, -0.25) is 4.79 Å². The molecule has 8 heteroatoms. The molecule has 0 saturated carbocycles. The van der Waals surface area contributed by atoms with Crippen molar-refractivity contribution in [2.75, 3.05) is 5.32 Å². The van der Waals surface area contributed by atoms with E-state index < -0.39 is 11.7 Å². The van der Waals surface area contributed by atoms with Crippen LogP contribution in [0.15, 0.2) is 40.8 Å². The molecule has 0 aliphatic heterocycles. The lowest BCUT2D eigenvalue weighted by Crippen LogP contribution is -2.07. The number of carbonyl (C=O) groups excluding carboxylic acids is 1. The van der Waals surface area contributed by atoms with Crippen molar-refractivity contribution < 1.29 is 27.1 Å². The highest BCUT2D eigenvalue weighted by atomic mass is 19.4. The van der Waals surface area contributed by atoms with Crippen molar-refractivity contribution in [2.45, 2.75) is 26.6 Å². The lowest BCUT2D eigenvalue weighted by atomic mass is 10.2. The predicted octanol–water partition coefficient (Wildman–Crippen LogP) is 4.69. The zero-order valence-electron chi connectivity index (χ0n) is 14.0. The van der Waals surface area contributed by atoms with E-state index in [1.807, 2.05) is 6.92 Å². The average Bonchev–Trinajstić information content (AvgIpc) is 2.96. The monoisotopic (exact) mass is 364 g/mol. The lowest BCUT2D eigenvalue weighted by Gasteiger charge is -2.09. The number of aromatic nitrogens is 1. The first kappa shape index (κ1) is 17.8. The molecule has 1 heterocycles. The number of rotatable bonds is 4. The number of oxazole rings is 1. The third-order valence-electron chi connectivity index (χ3n) is 3.63. The second-order valence-electron chi connectivity index (χ2n) is 5.73. The summed E-state index contributed by atoms with van der Waals surface area (Å²) in [6, 6.07) is 8.23. The zero-order chi connectivity index (χ0) is 18.9. The van der Waals surface area contributed by atoms with Crippen LogP contribution in [0, 0.1) is 6.92 Å². The van der Waals surface area contributed by atoms with Gasteiger partial charge in [-0.25, -0.2) is 4.98 Å². The molecule has 0 radical (unpaired) electrons. The number of anilines is 1. The van der Waals surface area contributed by atoms with E-state index in [9.17, 15) is 18.0 Å². The van der Waals surface area contributed by atoms with E-state index in [4.69, 9.17) is 9.15 Å². The molecule has 3 rings (SSSR count). The Morgan fingerprint density at radius 3 is 2.65 bits per heavy atom. The van der Waals surface area contributed by atoms with Crippen molar-refractivity contribution in [3.05, 3.63) is 53.4 Å². The van der Waals surface area contributed by atoms with Gasteiger partial charge in [0.2, 0.25) is 11.8 Å². The van der Waals surface area contributed by atoms with Gasteiger partial charge >= 0.3 is 6.18 Å². The van der Waals surface area contributed by atoms with Crippen LogP contribution in [0.3, 0.4) is 0 Å². The fraction of sp³-hybridized carbons (Fsp3) is 0.222. The minimum atomic E-state index is -4.43. The Kier molecular flexibility index (Phi) is 4.58. The van der Waals surface area contributed by atoms with Crippen LogP contribution in [0.25, 0.3) is 11.1 Å². The maximum Gasteiger partial charge on any atom is 0.416 e. The Labute approximate surface area is 146 Å². The second-order valence-corrected chi connectivity index (χ2v) is 5.73. The van der Waals surface area contributed by atoms with Crippen LogP contribution < -0.4 is 10.1 Å². The first-order valence-corrected chi connectivity index (χ1v) is 7.70. The number of benzene rings is 2. The average molecular weight is 364 g/mol. The summed E-state index contributed by atoms with van der Waals surface area (Å²) in [5.74, 6) is 0.518. The van der Waals surface area contributed by atoms with Crippen molar-refractivity contribution in [1.82, 2.24) is 4.98 Å². The Morgan fingerprint density at radius 1 is 1.23 bits per heavy atom. The Bertz CT molecular complexity index is 964. The van der Waals surface area contributed by atoms with Crippen LogP contribution in [-0.2, 0) is 17.6 Å². The number of carbonyl (C=O) groups is 1. The van der Waals surface area contributed by atoms with Gasteiger partial charge in [0.05, 0.1) is 5.56 Å². The number of alkyl halides is 3. The van der Waals surface area contributed by atoms with Gasteiger partial charge in [-0.2, -0.15) is 13.2 Å². The van der Waals surface area contributed by atoms with E-state index in [0.29, 0.717) is 11.4 Å². The number of ether oxygens (including phenoxy) is 1. The SMILES string of the molecule is CC(=O)Nc1ccc(OCc2nc3cc(C(F)(F)F)ccc3o2)cc1C. The normalized spacial score (nSPS) is 11.6. The molecule has 0 aliphatic rings. The Balaban J connectivity index is 1.73. The lowest BCUT2D eigenvalue weighted by molar-refractivity contribution is -0.137. The van der Waals surface area contributed by atoms with Gasteiger partial charge in [-0.05, 0) is 48.9 Å². The first-order chi connectivity index (χ1) is 12.2. The number of amides is 1. The molecule has 0 aliphatic carbocycles. The summed E-state index contributed by atoms with van der Waals surface area (Å²) >= 11 is 0. The molecule has 0 saturated heterocycles. The molecule has 0 unspecified atom stereocenters. The van der Waals surface area contributed by atoms with Crippen molar-refractivity contribution in [2.24, 2.45) is 0 Å². The van der Waals surface area contributed by atoms with E-state index >= 15 is 0 Å². The van der Waals surface area contributed by atoms with Crippen molar-refractivity contribution in [1.29, 1.82) is 0 Å². The molecule has 2 aromatic carbocycles. The third kappa shape index (κ3) is 3.96. The summed E-state index contributed by atoms with van der Waals surface area (Å²) in [5.41, 5.74) is 1.08. The molecule has 0 bridgehead atoms. The summed E-state index contributed by atoms with van der Waals surface area (Å²) in [7, 11) is 0. The second kappa shape index (κ2) is 6.70. The van der Waals surface area contributed by atoms with Crippen LogP contribution in [0.4, 0.5) is 18.9 Å². The molecule has 3 aromatic rings. The zero-order valence-corrected chi connectivity index (χ0v) is 14.0. The quantitative estimate of drug-likeness (QED) is 0.729. The van der Waals surface area contributed by atoms with Gasteiger partial charge in [-0.1, -0.05) is 0 Å². The Morgan fingerprint density at radius 2 is 2.00 bits per heavy atom. The fourth-order valence-corrected chi connectivity index (χ4v) is 2.41. The van der Waals surface area contributed by atoms with Crippen LogP contribution in [0.2, 0.25) is 0 Å². The minimum absolute atomic E-state index is 0.0328. The third-order valence-corrected chi connectivity index (χ3v) is 3.63. The van der Waals surface area contributed by atoms with Gasteiger partial charge in [0.25, 0.3) is 0 Å². The highest BCUT2D eigenvalue weighted by Crippen LogP contribution is 2.31. The van der Waals surface area contributed by atoms with Gasteiger partial charge < -0.3 is 14.5 Å². The van der Waals surface area contributed by atoms with Gasteiger partial charge in [0, 0.05) is 12.6 Å². The maximum atomic E-state index is 12.7. The molecule has 1 N–H and O–H groups in total. The number of aryl methyl sites for hydroxylation is 1. The minimum Gasteiger partial charge on any atom is -0.484 e. The number of nitrogens with zero attached hydrogens (tertiary/aromatic N) is 1.